The van der Waals surface area contributed by atoms with Crippen LogP contribution < -0.4 is 0 Å². The quantitative estimate of drug-likeness (QED) is 0.319. The number of hydrogen-bond donors (Lipinski definition) is 1. The maximum Gasteiger partial charge on any atom is 0.563 e. The molecule has 8 heteroatoms. The predicted octanol–water partition coefficient (Wildman–Crippen LogP) is -0.512. The van der Waals surface area contributed by atoms with Crippen molar-refractivity contribution < 1.29 is 17.3 Å². The van der Waals surface area contributed by atoms with E-state index in [9.17, 15) is 8.42 Å². The van der Waals surface area contributed by atoms with Gasteiger partial charge in [-0.2, -0.15) is 0 Å². The number of hydrogen-bond acceptors (Lipinski definition) is 4. The predicted molar refractivity (Wildman–Crippen MR) is 25.8 cm³/mol. The molecule has 6 nitrogen and oxygen atoms in total. The van der Waals surface area contributed by atoms with Crippen LogP contribution in [0.15, 0.2) is 0 Å². The summed E-state index contributed by atoms with van der Waals surface area (Å²) >= 11 is 0. The molecular formula is H2ClNO5S. The molecule has 0 aromatic carbocycles. The summed E-state index contributed by atoms with van der Waals surface area (Å²) in [6, 6.07) is 0. The maximum atomic E-state index is 9.19. The molecule has 0 aromatic heterocycles. The second-order valence-electron chi connectivity index (χ2n) is 0.671. The Kier molecular flexibility index (Phi) is 3.69. The molecule has 0 atom stereocenters. The second-order valence-corrected chi connectivity index (χ2v) is 1.87. The number of nitro groups is 1. The van der Waals surface area contributed by atoms with Crippen LogP contribution >= 0.6 is 12.4 Å². The molecule has 0 spiro atoms. The molecule has 0 aliphatic rings. The molecule has 0 aromatic rings. The standard InChI is InChI=1S/ClH.HNO5S/c;2-1(3)7(4,5)6/h1H;(H,4,5,6). The highest BCUT2D eigenvalue weighted by molar-refractivity contribution is 7.79. The molecule has 0 aliphatic carbocycles. The summed E-state index contributed by atoms with van der Waals surface area (Å²) in [4.78, 5) is 8.99. The minimum atomic E-state index is -5.02. The van der Waals surface area contributed by atoms with E-state index in [0.29, 0.717) is 0 Å². The molecule has 0 bridgehead atoms. The lowest BCUT2D eigenvalue weighted by Crippen LogP contribution is -2.09. The van der Waals surface area contributed by atoms with Crippen molar-refractivity contribution in [1.82, 2.24) is 0 Å². The van der Waals surface area contributed by atoms with Crippen molar-refractivity contribution in [3.63, 3.8) is 0 Å². The first-order valence-corrected chi connectivity index (χ1v) is 2.46. The van der Waals surface area contributed by atoms with Crippen molar-refractivity contribution in [1.29, 1.82) is 0 Å². The van der Waals surface area contributed by atoms with Crippen molar-refractivity contribution in [2.45, 2.75) is 0 Å². The lowest BCUT2D eigenvalue weighted by molar-refractivity contribution is -0.316. The molecule has 0 saturated carbocycles. The highest BCUT2D eigenvalue weighted by Crippen LogP contribution is 1.77. The van der Waals surface area contributed by atoms with E-state index in [0.717, 1.165) is 0 Å². The molecule has 0 amide bonds. The summed E-state index contributed by atoms with van der Waals surface area (Å²) < 4.78 is 24.0. The number of halogens is 1. The molecule has 0 fully saturated rings. The Bertz CT molecular complexity index is 167. The summed E-state index contributed by atoms with van der Waals surface area (Å²) in [7, 11) is -5.02. The van der Waals surface area contributed by atoms with Crippen LogP contribution in [0.25, 0.3) is 0 Å². The molecule has 1 N–H and O–H groups in total. The van der Waals surface area contributed by atoms with E-state index in [1.165, 1.54) is 0 Å². The topological polar surface area (TPSA) is 97.5 Å². The van der Waals surface area contributed by atoms with E-state index in [4.69, 9.17) is 14.7 Å². The van der Waals surface area contributed by atoms with E-state index in [-0.39, 0.29) is 12.4 Å². The highest BCUT2D eigenvalue weighted by atomic mass is 35.5. The second kappa shape index (κ2) is 2.80. The fourth-order valence-corrected chi connectivity index (χ4v) is 0. The van der Waals surface area contributed by atoms with Gasteiger partial charge in [0.1, 0.15) is 0 Å². The van der Waals surface area contributed by atoms with Crippen LogP contribution in [0.4, 0.5) is 0 Å². The minimum absolute atomic E-state index is 0. The molecule has 0 aliphatic heterocycles. The Labute approximate surface area is 50.9 Å². The van der Waals surface area contributed by atoms with Gasteiger partial charge in [-0.25, -0.2) is 14.7 Å². The third-order valence-corrected chi connectivity index (χ3v) is 0.565. The zero-order chi connectivity index (χ0) is 6.08. The van der Waals surface area contributed by atoms with Gasteiger partial charge in [0.05, 0.1) is 0 Å². The van der Waals surface area contributed by atoms with Crippen LogP contribution in [0.1, 0.15) is 0 Å². The Morgan fingerprint density at radius 2 is 1.62 bits per heavy atom. The van der Waals surface area contributed by atoms with Crippen LogP contribution in [-0.2, 0) is 10.3 Å². The molecule has 50 valence electrons. The van der Waals surface area contributed by atoms with Crippen LogP contribution in [0.2, 0.25) is 0 Å². The van der Waals surface area contributed by atoms with E-state index in [1.54, 1.807) is 0 Å². The molecule has 8 heavy (non-hydrogen) atoms. The van der Waals surface area contributed by atoms with Gasteiger partial charge in [-0.05, 0) is 0 Å². The summed E-state index contributed by atoms with van der Waals surface area (Å²) in [6.07, 6.45) is 0. The van der Waals surface area contributed by atoms with Gasteiger partial charge in [-0.1, -0.05) is 0 Å². The highest BCUT2D eigenvalue weighted by Gasteiger charge is 2.16. The first-order valence-electron chi connectivity index (χ1n) is 1.06. The fourth-order valence-electron chi connectivity index (χ4n) is 0. The summed E-state index contributed by atoms with van der Waals surface area (Å²) in [5.74, 6) is 0. The molecule has 0 unspecified atom stereocenters. The van der Waals surface area contributed by atoms with Crippen LogP contribution in [0.5, 0.6) is 0 Å². The largest absolute Gasteiger partial charge is 0.563 e. The Morgan fingerprint density at radius 3 is 1.62 bits per heavy atom. The van der Waals surface area contributed by atoms with Crippen LogP contribution in [0, 0.1) is 10.1 Å². The zero-order valence-corrected chi connectivity index (χ0v) is 4.98. The van der Waals surface area contributed by atoms with Crippen molar-refractivity contribution in [2.75, 3.05) is 0 Å². The van der Waals surface area contributed by atoms with Gasteiger partial charge < -0.3 is 0 Å². The molecular weight excluding hydrogens is 162 g/mol. The summed E-state index contributed by atoms with van der Waals surface area (Å²) in [5.41, 5.74) is 0. The van der Waals surface area contributed by atoms with Gasteiger partial charge in [0.25, 0.3) is 0 Å². The van der Waals surface area contributed by atoms with Gasteiger partial charge >= 0.3 is 10.3 Å². The Morgan fingerprint density at radius 1 is 1.50 bits per heavy atom. The monoisotopic (exact) mass is 163 g/mol. The Hall–Kier alpha value is -0.400. The van der Waals surface area contributed by atoms with E-state index < -0.39 is 14.6 Å². The molecule has 0 saturated heterocycles. The molecule has 0 rings (SSSR count). The lowest BCUT2D eigenvalue weighted by Gasteiger charge is -1.76. The van der Waals surface area contributed by atoms with Crippen molar-refractivity contribution in [2.24, 2.45) is 0 Å². The van der Waals surface area contributed by atoms with Gasteiger partial charge in [0, 0.05) is 0 Å². The van der Waals surface area contributed by atoms with Crippen molar-refractivity contribution in [3.8, 4) is 0 Å². The number of nitrogens with zero attached hydrogens (tertiary/aromatic N) is 1. The third-order valence-electron chi connectivity index (χ3n) is 0.188. The Balaban J connectivity index is 0. The summed E-state index contributed by atoms with van der Waals surface area (Å²) in [6.45, 7) is 0. The average molecular weight is 164 g/mol. The molecule has 0 heterocycles. The smallest absolute Gasteiger partial charge is 0.245 e. The van der Waals surface area contributed by atoms with Crippen molar-refractivity contribution in [3.05, 3.63) is 10.1 Å². The normalized spacial score (nSPS) is 9.62. The fraction of sp³-hybridized carbons (Fsp3) is 0. The first-order chi connectivity index (χ1) is 2.94. The average Bonchev–Trinajstić information content (AvgIpc) is 1.31. The van der Waals surface area contributed by atoms with Gasteiger partial charge in [0.15, 0.2) is 4.33 Å². The van der Waals surface area contributed by atoms with E-state index in [2.05, 4.69) is 0 Å². The van der Waals surface area contributed by atoms with Gasteiger partial charge in [-0.3, -0.25) is 0 Å². The lowest BCUT2D eigenvalue weighted by atomic mass is 13.4. The third kappa shape index (κ3) is 3.78. The zero-order valence-electron chi connectivity index (χ0n) is 3.34. The van der Waals surface area contributed by atoms with Gasteiger partial charge in [0.2, 0.25) is 0 Å². The maximum absolute atomic E-state index is 9.19. The van der Waals surface area contributed by atoms with Crippen molar-refractivity contribution >= 4 is 22.7 Å². The minimum Gasteiger partial charge on any atom is -0.245 e. The summed E-state index contributed by atoms with van der Waals surface area (Å²) in [5, 5.41) is 8.99. The van der Waals surface area contributed by atoms with Crippen LogP contribution in [0.3, 0.4) is 0 Å². The SMILES string of the molecule is Cl.O=[N+]([O-])S(=O)(=O)O. The van der Waals surface area contributed by atoms with E-state index in [1.807, 2.05) is 0 Å². The molecule has 0 radical (unpaired) electrons. The van der Waals surface area contributed by atoms with Gasteiger partial charge in [-0.15, -0.1) is 20.8 Å². The van der Waals surface area contributed by atoms with E-state index >= 15 is 0 Å². The number of rotatable bonds is 1. The first kappa shape index (κ1) is 10.6. The van der Waals surface area contributed by atoms with Crippen LogP contribution in [-0.4, -0.2) is 17.3 Å².